The summed E-state index contributed by atoms with van der Waals surface area (Å²) in [5.74, 6) is 0.394. The molecule has 0 saturated heterocycles. The van der Waals surface area contributed by atoms with Gasteiger partial charge in [0, 0.05) is 17.0 Å². The van der Waals surface area contributed by atoms with Crippen LogP contribution in [0, 0.1) is 0 Å². The highest BCUT2D eigenvalue weighted by atomic mass is 16.3. The molecule has 1 unspecified atom stereocenters. The van der Waals surface area contributed by atoms with Crippen molar-refractivity contribution < 1.29 is 5.11 Å². The second-order valence-corrected chi connectivity index (χ2v) is 5.02. The zero-order chi connectivity index (χ0) is 13.8. The number of fused-ring (bicyclic) bond motifs is 1. The Bertz CT molecular complexity index is 553. The van der Waals surface area contributed by atoms with Gasteiger partial charge in [-0.15, -0.1) is 0 Å². The molecule has 1 atom stereocenters. The summed E-state index contributed by atoms with van der Waals surface area (Å²) in [6.07, 6.45) is 0.967. The SMILES string of the molecule is CC(c1ccc2ccccc2c1O)N(C)CCCN. The number of nitrogens with zero attached hydrogens (tertiary/aromatic N) is 1. The Morgan fingerprint density at radius 2 is 1.95 bits per heavy atom. The first-order valence-corrected chi connectivity index (χ1v) is 6.76. The molecule has 2 rings (SSSR count). The van der Waals surface area contributed by atoms with Crippen LogP contribution in [0.2, 0.25) is 0 Å². The Labute approximate surface area is 114 Å². The molecule has 0 spiro atoms. The van der Waals surface area contributed by atoms with Gasteiger partial charge in [-0.25, -0.2) is 0 Å². The first-order valence-electron chi connectivity index (χ1n) is 6.76. The van der Waals surface area contributed by atoms with Crippen molar-refractivity contribution in [3.05, 3.63) is 42.0 Å². The summed E-state index contributed by atoms with van der Waals surface area (Å²) < 4.78 is 0. The average molecular weight is 258 g/mol. The maximum atomic E-state index is 10.4. The fourth-order valence-corrected chi connectivity index (χ4v) is 2.38. The minimum absolute atomic E-state index is 0.177. The Hall–Kier alpha value is -1.58. The minimum atomic E-state index is 0.177. The number of phenolic OH excluding ortho intramolecular Hbond substituents is 1. The standard InChI is InChI=1S/C16H22N2O/c1-12(18(2)11-5-10-17)14-9-8-13-6-3-4-7-15(13)16(14)19/h3-4,6-9,12,19H,5,10-11,17H2,1-2H3. The van der Waals surface area contributed by atoms with Gasteiger partial charge in [-0.1, -0.05) is 36.4 Å². The van der Waals surface area contributed by atoms with E-state index < -0.39 is 0 Å². The maximum Gasteiger partial charge on any atom is 0.128 e. The lowest BCUT2D eigenvalue weighted by Gasteiger charge is -2.26. The quantitative estimate of drug-likeness (QED) is 0.867. The molecule has 0 bridgehead atoms. The Morgan fingerprint density at radius 3 is 2.68 bits per heavy atom. The van der Waals surface area contributed by atoms with Gasteiger partial charge < -0.3 is 10.8 Å². The maximum absolute atomic E-state index is 10.4. The van der Waals surface area contributed by atoms with E-state index in [0.29, 0.717) is 12.3 Å². The molecule has 3 heteroatoms. The van der Waals surface area contributed by atoms with Crippen LogP contribution in [0.3, 0.4) is 0 Å². The topological polar surface area (TPSA) is 49.5 Å². The van der Waals surface area contributed by atoms with Gasteiger partial charge in [-0.05, 0) is 38.9 Å². The lowest BCUT2D eigenvalue weighted by molar-refractivity contribution is 0.255. The molecule has 0 heterocycles. The molecular weight excluding hydrogens is 236 g/mol. The molecule has 2 aromatic rings. The van der Waals surface area contributed by atoms with Gasteiger partial charge in [0.1, 0.15) is 5.75 Å². The average Bonchev–Trinajstić information content (AvgIpc) is 2.44. The monoisotopic (exact) mass is 258 g/mol. The van der Waals surface area contributed by atoms with Crippen molar-refractivity contribution in [2.75, 3.05) is 20.1 Å². The minimum Gasteiger partial charge on any atom is -0.507 e. The van der Waals surface area contributed by atoms with Crippen LogP contribution in [-0.2, 0) is 0 Å². The van der Waals surface area contributed by atoms with Gasteiger partial charge in [0.25, 0.3) is 0 Å². The zero-order valence-electron chi connectivity index (χ0n) is 11.6. The number of aromatic hydroxyl groups is 1. The highest BCUT2D eigenvalue weighted by Gasteiger charge is 2.16. The Kier molecular flexibility index (Phi) is 4.40. The van der Waals surface area contributed by atoms with E-state index in [1.807, 2.05) is 30.3 Å². The van der Waals surface area contributed by atoms with Crippen molar-refractivity contribution in [1.29, 1.82) is 0 Å². The highest BCUT2D eigenvalue weighted by molar-refractivity contribution is 5.89. The van der Waals surface area contributed by atoms with Crippen molar-refractivity contribution in [1.82, 2.24) is 4.90 Å². The van der Waals surface area contributed by atoms with Crippen LogP contribution in [-0.4, -0.2) is 30.1 Å². The summed E-state index contributed by atoms with van der Waals surface area (Å²) in [5.41, 5.74) is 6.51. The predicted molar refractivity (Wildman–Crippen MR) is 80.3 cm³/mol. The second kappa shape index (κ2) is 6.04. The molecule has 102 valence electrons. The van der Waals surface area contributed by atoms with E-state index in [-0.39, 0.29) is 6.04 Å². The van der Waals surface area contributed by atoms with E-state index >= 15 is 0 Å². The second-order valence-electron chi connectivity index (χ2n) is 5.02. The summed E-state index contributed by atoms with van der Waals surface area (Å²) in [7, 11) is 2.06. The van der Waals surface area contributed by atoms with E-state index in [4.69, 9.17) is 5.73 Å². The third-order valence-corrected chi connectivity index (χ3v) is 3.76. The predicted octanol–water partition coefficient (Wildman–Crippen LogP) is 2.89. The summed E-state index contributed by atoms with van der Waals surface area (Å²) in [6, 6.07) is 12.2. The Balaban J connectivity index is 2.32. The van der Waals surface area contributed by atoms with Crippen molar-refractivity contribution in [3.8, 4) is 5.75 Å². The molecule has 3 nitrogen and oxygen atoms in total. The number of hydrogen-bond donors (Lipinski definition) is 2. The molecule has 2 aromatic carbocycles. The van der Waals surface area contributed by atoms with Crippen molar-refractivity contribution in [2.45, 2.75) is 19.4 Å². The van der Waals surface area contributed by atoms with Crippen molar-refractivity contribution in [3.63, 3.8) is 0 Å². The van der Waals surface area contributed by atoms with Crippen LogP contribution >= 0.6 is 0 Å². The van der Waals surface area contributed by atoms with Crippen molar-refractivity contribution in [2.24, 2.45) is 5.73 Å². The van der Waals surface area contributed by atoms with E-state index in [1.54, 1.807) is 0 Å². The van der Waals surface area contributed by atoms with E-state index in [9.17, 15) is 5.11 Å². The third-order valence-electron chi connectivity index (χ3n) is 3.76. The van der Waals surface area contributed by atoms with Crippen LogP contribution in [0.4, 0.5) is 0 Å². The summed E-state index contributed by atoms with van der Waals surface area (Å²) in [6.45, 7) is 3.74. The molecule has 0 fully saturated rings. The number of nitrogens with two attached hydrogens (primary N) is 1. The molecular formula is C16H22N2O. The normalized spacial score (nSPS) is 13.1. The number of phenols is 1. The molecule has 0 saturated carbocycles. The van der Waals surface area contributed by atoms with Gasteiger partial charge in [-0.3, -0.25) is 4.90 Å². The molecule has 19 heavy (non-hydrogen) atoms. The summed E-state index contributed by atoms with van der Waals surface area (Å²) in [5, 5.41) is 12.4. The summed E-state index contributed by atoms with van der Waals surface area (Å²) >= 11 is 0. The van der Waals surface area contributed by atoms with Crippen LogP contribution in [0.1, 0.15) is 24.9 Å². The molecule has 0 amide bonds. The molecule has 0 radical (unpaired) electrons. The van der Waals surface area contributed by atoms with Gasteiger partial charge in [-0.2, -0.15) is 0 Å². The van der Waals surface area contributed by atoms with E-state index in [1.165, 1.54) is 0 Å². The molecule has 0 aliphatic carbocycles. The van der Waals surface area contributed by atoms with Crippen molar-refractivity contribution >= 4 is 10.8 Å². The highest BCUT2D eigenvalue weighted by Crippen LogP contribution is 2.34. The lowest BCUT2D eigenvalue weighted by Crippen LogP contribution is -2.25. The molecule has 0 aliphatic rings. The first-order chi connectivity index (χ1) is 9.15. The fourth-order valence-electron chi connectivity index (χ4n) is 2.38. The lowest BCUT2D eigenvalue weighted by atomic mass is 10.00. The van der Waals surface area contributed by atoms with Crippen LogP contribution < -0.4 is 5.73 Å². The smallest absolute Gasteiger partial charge is 0.128 e. The molecule has 0 aromatic heterocycles. The van der Waals surface area contributed by atoms with Gasteiger partial charge in [0.05, 0.1) is 0 Å². The van der Waals surface area contributed by atoms with Crippen LogP contribution in [0.5, 0.6) is 5.75 Å². The van der Waals surface area contributed by atoms with Gasteiger partial charge in [0.15, 0.2) is 0 Å². The third kappa shape index (κ3) is 2.88. The van der Waals surface area contributed by atoms with Gasteiger partial charge >= 0.3 is 0 Å². The number of rotatable bonds is 5. The Morgan fingerprint density at radius 1 is 1.21 bits per heavy atom. The summed E-state index contributed by atoms with van der Waals surface area (Å²) in [4.78, 5) is 2.22. The largest absolute Gasteiger partial charge is 0.507 e. The number of benzene rings is 2. The van der Waals surface area contributed by atoms with E-state index in [2.05, 4.69) is 24.9 Å². The molecule has 0 aliphatic heterocycles. The first kappa shape index (κ1) is 13.8. The number of hydrogen-bond acceptors (Lipinski definition) is 3. The van der Waals surface area contributed by atoms with Crippen LogP contribution in [0.25, 0.3) is 10.8 Å². The van der Waals surface area contributed by atoms with Gasteiger partial charge in [0.2, 0.25) is 0 Å². The van der Waals surface area contributed by atoms with Crippen LogP contribution in [0.15, 0.2) is 36.4 Å². The molecule has 3 N–H and O–H groups in total. The van der Waals surface area contributed by atoms with E-state index in [0.717, 1.165) is 29.3 Å². The zero-order valence-corrected chi connectivity index (χ0v) is 11.6. The fraction of sp³-hybridized carbons (Fsp3) is 0.375.